The molecule has 0 unspecified atom stereocenters. The molecule has 0 aromatic heterocycles. The van der Waals surface area contributed by atoms with Gasteiger partial charge in [-0.2, -0.15) is 17.4 Å². The lowest BCUT2D eigenvalue weighted by Gasteiger charge is -2.27. The number of nitrogens with one attached hydrogen (secondary N) is 1. The number of nitrogens with zero attached hydrogens (tertiary/aromatic N) is 2. The van der Waals surface area contributed by atoms with E-state index in [4.69, 9.17) is 15.7 Å². The molecule has 0 aromatic rings. The lowest BCUT2D eigenvalue weighted by molar-refractivity contribution is 0.178. The van der Waals surface area contributed by atoms with E-state index in [2.05, 4.69) is 9.88 Å². The molecule has 0 atom stereocenters. The molecule has 114 valence electrons. The number of rotatable bonds is 8. The minimum absolute atomic E-state index is 0.0200. The zero-order valence-corrected chi connectivity index (χ0v) is 12.7. The molecule has 0 bridgehead atoms. The highest BCUT2D eigenvalue weighted by Gasteiger charge is 2.26. The van der Waals surface area contributed by atoms with Crippen molar-refractivity contribution >= 4 is 16.0 Å². The van der Waals surface area contributed by atoms with E-state index >= 15 is 0 Å². The summed E-state index contributed by atoms with van der Waals surface area (Å²) in [5.74, 6) is -0.0200. The maximum Gasteiger partial charge on any atom is 0.280 e. The first kappa shape index (κ1) is 18.1. The van der Waals surface area contributed by atoms with Crippen molar-refractivity contribution in [2.75, 3.05) is 26.8 Å². The van der Waals surface area contributed by atoms with Crippen LogP contribution in [-0.4, -0.2) is 56.1 Å². The van der Waals surface area contributed by atoms with Crippen molar-refractivity contribution in [2.45, 2.75) is 32.7 Å². The maximum absolute atomic E-state index is 12.2. The molecular weight excluding hydrogens is 272 g/mol. The third-order valence-corrected chi connectivity index (χ3v) is 3.98. The molecule has 0 heterocycles. The van der Waals surface area contributed by atoms with Crippen LogP contribution >= 0.6 is 0 Å². The van der Waals surface area contributed by atoms with Crippen molar-refractivity contribution in [1.82, 2.24) is 9.03 Å². The van der Waals surface area contributed by atoms with Crippen LogP contribution in [0.15, 0.2) is 5.16 Å². The SMILES string of the molecule is COCCN(CCC(N)=NO)S(=O)(=O)NC(C)(C)C. The van der Waals surface area contributed by atoms with Crippen LogP contribution in [0.1, 0.15) is 27.2 Å². The Labute approximate surface area is 114 Å². The van der Waals surface area contributed by atoms with Crippen molar-refractivity contribution in [1.29, 1.82) is 0 Å². The Morgan fingerprint density at radius 3 is 2.42 bits per heavy atom. The predicted octanol–water partition coefficient (Wildman–Crippen LogP) is -0.296. The molecule has 0 aliphatic rings. The quantitative estimate of drug-likeness (QED) is 0.246. The summed E-state index contributed by atoms with van der Waals surface area (Å²) in [6.07, 6.45) is 0.144. The van der Waals surface area contributed by atoms with E-state index in [1.165, 1.54) is 11.4 Å². The van der Waals surface area contributed by atoms with Crippen molar-refractivity contribution in [3.05, 3.63) is 0 Å². The first-order valence-electron chi connectivity index (χ1n) is 5.87. The van der Waals surface area contributed by atoms with Gasteiger partial charge in [-0.25, -0.2) is 0 Å². The molecule has 19 heavy (non-hydrogen) atoms. The van der Waals surface area contributed by atoms with Gasteiger partial charge in [0, 0.05) is 32.2 Å². The fourth-order valence-electron chi connectivity index (χ4n) is 1.29. The maximum atomic E-state index is 12.2. The summed E-state index contributed by atoms with van der Waals surface area (Å²) < 4.78 is 33.0. The van der Waals surface area contributed by atoms with Crippen LogP contribution in [0.4, 0.5) is 0 Å². The Hall–Kier alpha value is -0.900. The van der Waals surface area contributed by atoms with Gasteiger partial charge in [0.05, 0.1) is 6.61 Å². The minimum Gasteiger partial charge on any atom is -0.409 e. The number of ether oxygens (including phenoxy) is 1. The van der Waals surface area contributed by atoms with E-state index in [0.29, 0.717) is 0 Å². The van der Waals surface area contributed by atoms with E-state index in [1.807, 2.05) is 0 Å². The molecule has 0 saturated heterocycles. The van der Waals surface area contributed by atoms with E-state index in [-0.39, 0.29) is 32.0 Å². The van der Waals surface area contributed by atoms with Gasteiger partial charge in [-0.1, -0.05) is 5.16 Å². The van der Waals surface area contributed by atoms with Crippen LogP contribution in [0.5, 0.6) is 0 Å². The van der Waals surface area contributed by atoms with Crippen LogP contribution in [0, 0.1) is 0 Å². The van der Waals surface area contributed by atoms with Crippen molar-refractivity contribution < 1.29 is 18.4 Å². The largest absolute Gasteiger partial charge is 0.409 e. The molecule has 0 fully saturated rings. The number of hydrogen-bond acceptors (Lipinski definition) is 5. The minimum atomic E-state index is -3.65. The van der Waals surface area contributed by atoms with E-state index in [9.17, 15) is 8.42 Å². The summed E-state index contributed by atoms with van der Waals surface area (Å²) in [6.45, 7) is 5.83. The first-order chi connectivity index (χ1) is 8.62. The molecule has 0 rings (SSSR count). The lowest BCUT2D eigenvalue weighted by atomic mass is 10.1. The molecular formula is C10H24N4O4S. The Balaban J connectivity index is 4.81. The average molecular weight is 296 g/mol. The molecule has 0 radical (unpaired) electrons. The average Bonchev–Trinajstić information content (AvgIpc) is 2.24. The van der Waals surface area contributed by atoms with Gasteiger partial charge in [0.1, 0.15) is 5.84 Å². The third kappa shape index (κ3) is 7.98. The topological polar surface area (TPSA) is 117 Å². The number of amidine groups is 1. The van der Waals surface area contributed by atoms with E-state index < -0.39 is 15.7 Å². The van der Waals surface area contributed by atoms with Gasteiger partial charge in [-0.05, 0) is 20.8 Å². The van der Waals surface area contributed by atoms with Crippen LogP contribution in [0.3, 0.4) is 0 Å². The summed E-state index contributed by atoms with van der Waals surface area (Å²) in [7, 11) is -2.15. The second-order valence-corrected chi connectivity index (χ2v) is 6.76. The van der Waals surface area contributed by atoms with Gasteiger partial charge in [0.25, 0.3) is 10.2 Å². The van der Waals surface area contributed by atoms with Gasteiger partial charge in [0.15, 0.2) is 0 Å². The highest BCUT2D eigenvalue weighted by Crippen LogP contribution is 2.07. The number of methoxy groups -OCH3 is 1. The van der Waals surface area contributed by atoms with E-state index in [1.54, 1.807) is 20.8 Å². The normalized spacial score (nSPS) is 14.1. The molecule has 0 spiro atoms. The Kier molecular flexibility index (Phi) is 7.27. The van der Waals surface area contributed by atoms with Crippen molar-refractivity contribution in [3.8, 4) is 0 Å². The van der Waals surface area contributed by atoms with Gasteiger partial charge < -0.3 is 15.7 Å². The lowest BCUT2D eigenvalue weighted by Crippen LogP contribution is -2.50. The van der Waals surface area contributed by atoms with Crippen LogP contribution in [0.2, 0.25) is 0 Å². The Morgan fingerprint density at radius 2 is 2.00 bits per heavy atom. The number of hydrogen-bond donors (Lipinski definition) is 3. The highest BCUT2D eigenvalue weighted by molar-refractivity contribution is 7.87. The summed E-state index contributed by atoms with van der Waals surface area (Å²) in [4.78, 5) is 0. The standard InChI is InChI=1S/C10H24N4O4S/c1-10(2,3)13-19(16,17)14(7-8-18-4)6-5-9(11)12-15/h13,15H,5-8H2,1-4H3,(H2,11,12). The van der Waals surface area contributed by atoms with Gasteiger partial charge in [-0.3, -0.25) is 0 Å². The molecule has 0 amide bonds. The van der Waals surface area contributed by atoms with Gasteiger partial charge >= 0.3 is 0 Å². The van der Waals surface area contributed by atoms with Crippen molar-refractivity contribution in [3.63, 3.8) is 0 Å². The number of nitrogens with two attached hydrogens (primary N) is 1. The summed E-state index contributed by atoms with van der Waals surface area (Å²) in [5, 5.41) is 11.3. The summed E-state index contributed by atoms with van der Waals surface area (Å²) >= 11 is 0. The van der Waals surface area contributed by atoms with Crippen LogP contribution < -0.4 is 10.5 Å². The van der Waals surface area contributed by atoms with Crippen LogP contribution in [-0.2, 0) is 14.9 Å². The highest BCUT2D eigenvalue weighted by atomic mass is 32.2. The fourth-order valence-corrected chi connectivity index (χ4v) is 2.84. The van der Waals surface area contributed by atoms with Gasteiger partial charge in [-0.15, -0.1) is 0 Å². The Bertz CT molecular complexity index is 389. The number of oxime groups is 1. The van der Waals surface area contributed by atoms with Gasteiger partial charge in [0.2, 0.25) is 0 Å². The van der Waals surface area contributed by atoms with Crippen LogP contribution in [0.25, 0.3) is 0 Å². The molecule has 4 N–H and O–H groups in total. The monoisotopic (exact) mass is 296 g/mol. The first-order valence-corrected chi connectivity index (χ1v) is 7.31. The third-order valence-electron chi connectivity index (χ3n) is 2.07. The van der Waals surface area contributed by atoms with Crippen molar-refractivity contribution in [2.24, 2.45) is 10.9 Å². The smallest absolute Gasteiger partial charge is 0.280 e. The summed E-state index contributed by atoms with van der Waals surface area (Å²) in [6, 6.07) is 0. The zero-order valence-electron chi connectivity index (χ0n) is 11.9. The van der Waals surface area contributed by atoms with E-state index in [0.717, 1.165) is 0 Å². The Morgan fingerprint density at radius 1 is 1.42 bits per heavy atom. The second-order valence-electron chi connectivity index (χ2n) is 5.09. The predicted molar refractivity (Wildman–Crippen MR) is 73.3 cm³/mol. The molecule has 9 heteroatoms. The molecule has 0 aliphatic carbocycles. The summed E-state index contributed by atoms with van der Waals surface area (Å²) in [5.41, 5.74) is 4.76. The zero-order chi connectivity index (χ0) is 15.1. The molecule has 0 aliphatic heterocycles. The molecule has 8 nitrogen and oxygen atoms in total. The molecule has 0 saturated carbocycles. The fraction of sp³-hybridized carbons (Fsp3) is 0.900. The second kappa shape index (κ2) is 7.63. The molecule has 0 aromatic carbocycles.